The molecule has 3 rings (SSSR count). The molecular formula is C19H31N5O2. The number of nitrogens with zero attached hydrogens (tertiary/aromatic N) is 4. The molecule has 0 aliphatic carbocycles. The van der Waals surface area contributed by atoms with Crippen LogP contribution in [-0.2, 0) is 4.74 Å². The Morgan fingerprint density at radius 3 is 2.85 bits per heavy atom. The van der Waals surface area contributed by atoms with Crippen molar-refractivity contribution in [3.63, 3.8) is 0 Å². The minimum absolute atomic E-state index is 0.0401. The molecule has 1 aromatic heterocycles. The van der Waals surface area contributed by atoms with Gasteiger partial charge in [0.05, 0.1) is 13.2 Å². The lowest BCUT2D eigenvalue weighted by atomic mass is 9.99. The Bertz CT molecular complexity index is 604. The molecule has 0 bridgehead atoms. The molecule has 0 radical (unpaired) electrons. The van der Waals surface area contributed by atoms with E-state index in [0.717, 1.165) is 71.0 Å². The Labute approximate surface area is 156 Å². The van der Waals surface area contributed by atoms with Crippen LogP contribution >= 0.6 is 0 Å². The Balaban J connectivity index is 1.61. The fourth-order valence-electron chi connectivity index (χ4n) is 3.77. The van der Waals surface area contributed by atoms with Crippen LogP contribution in [0.3, 0.4) is 0 Å². The quantitative estimate of drug-likeness (QED) is 0.835. The number of amides is 1. The van der Waals surface area contributed by atoms with Gasteiger partial charge in [0.1, 0.15) is 17.3 Å². The monoisotopic (exact) mass is 361 g/mol. The van der Waals surface area contributed by atoms with Crippen molar-refractivity contribution in [2.75, 3.05) is 51.3 Å². The van der Waals surface area contributed by atoms with Crippen LogP contribution in [-0.4, -0.2) is 77.7 Å². The Hall–Kier alpha value is -1.73. The van der Waals surface area contributed by atoms with Crippen molar-refractivity contribution >= 4 is 11.7 Å². The molecule has 7 nitrogen and oxygen atoms in total. The third kappa shape index (κ3) is 4.92. The number of piperidine rings is 1. The normalized spacial score (nSPS) is 21.6. The third-order valence-corrected chi connectivity index (χ3v) is 5.25. The first-order valence-corrected chi connectivity index (χ1v) is 9.88. The second kappa shape index (κ2) is 9.28. The Morgan fingerprint density at radius 2 is 2.08 bits per heavy atom. The summed E-state index contributed by atoms with van der Waals surface area (Å²) in [6.07, 6.45) is 4.38. The number of aryl methyl sites for hydroxylation is 1. The number of hydrogen-bond acceptors (Lipinski definition) is 6. The smallest absolute Gasteiger partial charge is 0.272 e. The van der Waals surface area contributed by atoms with E-state index in [0.29, 0.717) is 17.6 Å². The van der Waals surface area contributed by atoms with Crippen LogP contribution < -0.4 is 5.32 Å². The molecule has 144 valence electrons. The highest BCUT2D eigenvalue weighted by atomic mass is 16.5. The number of carbonyl (C=O) groups excluding carboxylic acids is 1. The van der Waals surface area contributed by atoms with E-state index in [4.69, 9.17) is 4.74 Å². The molecule has 1 unspecified atom stereocenters. The van der Waals surface area contributed by atoms with Crippen molar-refractivity contribution in [3.8, 4) is 0 Å². The molecule has 26 heavy (non-hydrogen) atoms. The number of aromatic nitrogens is 2. The van der Waals surface area contributed by atoms with Crippen LogP contribution in [0.25, 0.3) is 0 Å². The first-order chi connectivity index (χ1) is 12.7. The second-order valence-electron chi connectivity index (χ2n) is 7.12. The molecular weight excluding hydrogens is 330 g/mol. The van der Waals surface area contributed by atoms with Gasteiger partial charge in [-0.05, 0) is 32.6 Å². The lowest BCUT2D eigenvalue weighted by molar-refractivity contribution is 0.0398. The summed E-state index contributed by atoms with van der Waals surface area (Å²) in [6.45, 7) is 10.1. The van der Waals surface area contributed by atoms with E-state index < -0.39 is 0 Å². The maximum absolute atomic E-state index is 13.0. The maximum atomic E-state index is 13.0. The largest absolute Gasteiger partial charge is 0.379 e. The lowest BCUT2D eigenvalue weighted by Crippen LogP contribution is -2.43. The summed E-state index contributed by atoms with van der Waals surface area (Å²) in [5, 5.41) is 3.35. The number of ether oxygens (including phenoxy) is 1. The van der Waals surface area contributed by atoms with E-state index in [-0.39, 0.29) is 5.91 Å². The highest BCUT2D eigenvalue weighted by molar-refractivity contribution is 5.93. The van der Waals surface area contributed by atoms with Gasteiger partial charge in [0.15, 0.2) is 0 Å². The van der Waals surface area contributed by atoms with Gasteiger partial charge in [0.2, 0.25) is 0 Å². The molecule has 0 saturated carbocycles. The summed E-state index contributed by atoms with van der Waals surface area (Å²) in [6, 6.07) is 2.14. The molecule has 2 aliphatic rings. The first kappa shape index (κ1) is 19.0. The van der Waals surface area contributed by atoms with E-state index in [1.165, 1.54) is 6.42 Å². The third-order valence-electron chi connectivity index (χ3n) is 5.25. The number of rotatable bonds is 6. The van der Waals surface area contributed by atoms with E-state index in [1.807, 2.05) is 11.8 Å². The van der Waals surface area contributed by atoms with Gasteiger partial charge in [-0.15, -0.1) is 0 Å². The van der Waals surface area contributed by atoms with Crippen molar-refractivity contribution in [2.24, 2.45) is 0 Å². The van der Waals surface area contributed by atoms with Crippen molar-refractivity contribution < 1.29 is 9.53 Å². The van der Waals surface area contributed by atoms with Crippen molar-refractivity contribution in [2.45, 2.75) is 45.6 Å². The zero-order valence-corrected chi connectivity index (χ0v) is 16.0. The molecule has 1 atom stereocenters. The zero-order chi connectivity index (χ0) is 18.4. The average Bonchev–Trinajstić information content (AvgIpc) is 2.68. The van der Waals surface area contributed by atoms with Gasteiger partial charge in [-0.3, -0.25) is 9.69 Å². The van der Waals surface area contributed by atoms with Crippen LogP contribution in [0.1, 0.15) is 48.9 Å². The van der Waals surface area contributed by atoms with Crippen molar-refractivity contribution in [1.82, 2.24) is 19.8 Å². The van der Waals surface area contributed by atoms with Crippen molar-refractivity contribution in [1.29, 1.82) is 0 Å². The second-order valence-corrected chi connectivity index (χ2v) is 7.12. The Kier molecular flexibility index (Phi) is 6.80. The molecule has 0 aromatic carbocycles. The van der Waals surface area contributed by atoms with Gasteiger partial charge < -0.3 is 15.0 Å². The van der Waals surface area contributed by atoms with Crippen LogP contribution in [0.5, 0.6) is 0 Å². The first-order valence-electron chi connectivity index (χ1n) is 9.88. The fourth-order valence-corrected chi connectivity index (χ4v) is 3.77. The van der Waals surface area contributed by atoms with Crippen LogP contribution in [0.4, 0.5) is 5.82 Å². The summed E-state index contributed by atoms with van der Waals surface area (Å²) in [7, 11) is 0. The maximum Gasteiger partial charge on any atom is 0.272 e. The molecule has 1 amide bonds. The molecule has 1 aromatic rings. The number of nitrogens with one attached hydrogen (secondary N) is 1. The molecule has 1 N–H and O–H groups in total. The average molecular weight is 361 g/mol. The predicted octanol–water partition coefficient (Wildman–Crippen LogP) is 1.93. The van der Waals surface area contributed by atoms with E-state index in [9.17, 15) is 4.79 Å². The summed E-state index contributed by atoms with van der Waals surface area (Å²) in [4.78, 5) is 26.2. The molecule has 2 aliphatic heterocycles. The van der Waals surface area contributed by atoms with Gasteiger partial charge in [0.25, 0.3) is 5.91 Å². The van der Waals surface area contributed by atoms with Gasteiger partial charge in [0, 0.05) is 44.8 Å². The number of carbonyl (C=O) groups is 1. The minimum atomic E-state index is 0.0401. The fraction of sp³-hybridized carbons (Fsp3) is 0.737. The highest BCUT2D eigenvalue weighted by Crippen LogP contribution is 2.22. The molecule has 0 spiro atoms. The Morgan fingerprint density at radius 1 is 1.27 bits per heavy atom. The van der Waals surface area contributed by atoms with Gasteiger partial charge in [-0.1, -0.05) is 6.92 Å². The summed E-state index contributed by atoms with van der Waals surface area (Å²) in [5.41, 5.74) is 0.506. The predicted molar refractivity (Wildman–Crippen MR) is 101 cm³/mol. The molecule has 2 saturated heterocycles. The summed E-state index contributed by atoms with van der Waals surface area (Å²) in [5.74, 6) is 1.41. The zero-order valence-electron chi connectivity index (χ0n) is 16.0. The van der Waals surface area contributed by atoms with Crippen LogP contribution in [0.2, 0.25) is 0 Å². The van der Waals surface area contributed by atoms with E-state index in [2.05, 4.69) is 27.1 Å². The van der Waals surface area contributed by atoms with Crippen LogP contribution in [0, 0.1) is 6.92 Å². The standard InChI is InChI=1S/C19H31N5O2/c1-3-16-6-4-5-8-24(16)19(25)17-14-18(22-15(2)21-17)20-7-9-23-10-12-26-13-11-23/h14,16H,3-13H2,1-2H3,(H,20,21,22). The number of anilines is 1. The van der Waals surface area contributed by atoms with Crippen LogP contribution in [0.15, 0.2) is 6.07 Å². The number of likely N-dealkylation sites (tertiary alicyclic amines) is 1. The lowest BCUT2D eigenvalue weighted by Gasteiger charge is -2.35. The van der Waals surface area contributed by atoms with Gasteiger partial charge in [-0.25, -0.2) is 9.97 Å². The molecule has 3 heterocycles. The minimum Gasteiger partial charge on any atom is -0.379 e. The molecule has 7 heteroatoms. The van der Waals surface area contributed by atoms with Gasteiger partial charge >= 0.3 is 0 Å². The number of morpholine rings is 1. The van der Waals surface area contributed by atoms with E-state index >= 15 is 0 Å². The topological polar surface area (TPSA) is 70.6 Å². The van der Waals surface area contributed by atoms with Gasteiger partial charge in [-0.2, -0.15) is 0 Å². The summed E-state index contributed by atoms with van der Waals surface area (Å²) >= 11 is 0. The van der Waals surface area contributed by atoms with Crippen molar-refractivity contribution in [3.05, 3.63) is 17.6 Å². The number of hydrogen-bond donors (Lipinski definition) is 1. The van der Waals surface area contributed by atoms with E-state index in [1.54, 1.807) is 6.07 Å². The molecule has 2 fully saturated rings. The SMILES string of the molecule is CCC1CCCCN1C(=O)c1cc(NCCN2CCOCC2)nc(C)n1. The highest BCUT2D eigenvalue weighted by Gasteiger charge is 2.27. The summed E-state index contributed by atoms with van der Waals surface area (Å²) < 4.78 is 5.37.